The van der Waals surface area contributed by atoms with E-state index in [2.05, 4.69) is 10.3 Å². The number of nitrogens with one attached hydrogen (secondary N) is 1. The minimum absolute atomic E-state index is 0.0296. The second kappa shape index (κ2) is 7.69. The Labute approximate surface area is 143 Å². The molecule has 10 heteroatoms. The second-order valence-corrected chi connectivity index (χ2v) is 6.14. The van der Waals surface area contributed by atoms with Gasteiger partial charge in [0.1, 0.15) is 17.6 Å². The molecule has 136 valence electrons. The van der Waals surface area contributed by atoms with Gasteiger partial charge < -0.3 is 9.84 Å². The highest BCUT2D eigenvalue weighted by molar-refractivity contribution is 6.35. The van der Waals surface area contributed by atoms with Crippen LogP contribution in [0.5, 0.6) is 0 Å². The van der Waals surface area contributed by atoms with Crippen LogP contribution in [0.4, 0.5) is 16.3 Å². The molecule has 0 saturated carbocycles. The summed E-state index contributed by atoms with van der Waals surface area (Å²) in [5.41, 5.74) is -1.41. The number of hydrogen-bond donors (Lipinski definition) is 2. The molecule has 1 atom stereocenters. The van der Waals surface area contributed by atoms with Crippen LogP contribution in [-0.4, -0.2) is 38.5 Å². The van der Waals surface area contributed by atoms with Crippen molar-refractivity contribution in [2.45, 2.75) is 45.6 Å². The maximum atomic E-state index is 11.8. The number of Topliss-reactive ketones (excluding diaryl/α,β-unsaturated/α-hetero) is 1. The van der Waals surface area contributed by atoms with Crippen LogP contribution < -0.4 is 5.32 Å². The number of hydrogen-bond acceptors (Lipinski definition) is 7. The Balaban J connectivity index is 3.25. The molecule has 1 aromatic rings. The number of carbonyl (C=O) groups is 3. The van der Waals surface area contributed by atoms with E-state index in [-0.39, 0.29) is 17.8 Å². The first-order valence-corrected chi connectivity index (χ1v) is 7.37. The fourth-order valence-electron chi connectivity index (χ4n) is 2.07. The first kappa shape index (κ1) is 20.0. The third-order valence-corrected chi connectivity index (χ3v) is 3.05. The molecule has 0 aromatic carbocycles. The van der Waals surface area contributed by atoms with Gasteiger partial charge in [-0.25, -0.2) is 14.6 Å². The number of anilines is 1. The van der Waals surface area contributed by atoms with Crippen LogP contribution in [0.1, 0.15) is 45.6 Å². The lowest BCUT2D eigenvalue weighted by Crippen LogP contribution is -2.27. The van der Waals surface area contributed by atoms with Gasteiger partial charge in [-0.1, -0.05) is 6.92 Å². The summed E-state index contributed by atoms with van der Waals surface area (Å²) in [4.78, 5) is 48.7. The molecule has 25 heavy (non-hydrogen) atoms. The molecule has 0 bridgehead atoms. The van der Waals surface area contributed by atoms with Crippen LogP contribution in [0.15, 0.2) is 12.3 Å². The number of pyridine rings is 1. The average Bonchev–Trinajstić information content (AvgIpc) is 2.45. The number of carboxylic acid groups (broad SMARTS) is 1. The molecule has 0 saturated heterocycles. The summed E-state index contributed by atoms with van der Waals surface area (Å²) in [5.74, 6) is -4.20. The Bertz CT molecular complexity index is 710. The Morgan fingerprint density at radius 2 is 2.00 bits per heavy atom. The number of aliphatic carboxylic acids is 1. The third-order valence-electron chi connectivity index (χ3n) is 3.05. The zero-order valence-electron chi connectivity index (χ0n) is 14.2. The standard InChI is InChI=1S/C15H19N3O7/c1-5-8(12(19)13(20)21)9-6-11(16-7-10(9)18(23)24)17-14(22)25-15(2,3)4/h6-8H,5H2,1-4H3,(H,20,21)(H,16,17,22). The van der Waals surface area contributed by atoms with Gasteiger partial charge in [-0.2, -0.15) is 0 Å². The SMILES string of the molecule is CCC(C(=O)C(=O)O)c1cc(NC(=O)OC(C)(C)C)ncc1[N+](=O)[O-]. The van der Waals surface area contributed by atoms with E-state index >= 15 is 0 Å². The summed E-state index contributed by atoms with van der Waals surface area (Å²) in [6.45, 7) is 6.48. The molecule has 0 fully saturated rings. The summed E-state index contributed by atoms with van der Waals surface area (Å²) in [5, 5.41) is 22.3. The van der Waals surface area contributed by atoms with Crippen LogP contribution in [0.2, 0.25) is 0 Å². The van der Waals surface area contributed by atoms with Gasteiger partial charge in [0.25, 0.3) is 5.69 Å². The molecule has 0 aliphatic heterocycles. The molecular formula is C15H19N3O7. The normalized spacial score (nSPS) is 12.2. The first-order valence-electron chi connectivity index (χ1n) is 7.37. The van der Waals surface area contributed by atoms with Crippen molar-refractivity contribution in [2.24, 2.45) is 0 Å². The lowest BCUT2D eigenvalue weighted by atomic mass is 9.91. The summed E-state index contributed by atoms with van der Waals surface area (Å²) in [6.07, 6.45) is 0.0548. The van der Waals surface area contributed by atoms with Gasteiger partial charge in [0.05, 0.1) is 10.8 Å². The fraction of sp³-hybridized carbons (Fsp3) is 0.467. The van der Waals surface area contributed by atoms with E-state index in [9.17, 15) is 24.5 Å². The second-order valence-electron chi connectivity index (χ2n) is 6.14. The number of ether oxygens (including phenoxy) is 1. The van der Waals surface area contributed by atoms with E-state index in [1.165, 1.54) is 6.92 Å². The van der Waals surface area contributed by atoms with E-state index in [0.29, 0.717) is 0 Å². The minimum Gasteiger partial charge on any atom is -0.475 e. The number of rotatable bonds is 6. The zero-order valence-corrected chi connectivity index (χ0v) is 14.2. The van der Waals surface area contributed by atoms with Crippen molar-refractivity contribution in [3.8, 4) is 0 Å². The Kier molecular flexibility index (Phi) is 6.15. The number of aromatic nitrogens is 1. The van der Waals surface area contributed by atoms with Crippen molar-refractivity contribution in [3.05, 3.63) is 27.9 Å². The van der Waals surface area contributed by atoms with Crippen molar-refractivity contribution in [2.75, 3.05) is 5.32 Å². The number of amides is 1. The lowest BCUT2D eigenvalue weighted by Gasteiger charge is -2.19. The van der Waals surface area contributed by atoms with Gasteiger partial charge in [-0.15, -0.1) is 0 Å². The van der Waals surface area contributed by atoms with Crippen LogP contribution >= 0.6 is 0 Å². The highest BCUT2D eigenvalue weighted by atomic mass is 16.6. The Morgan fingerprint density at radius 1 is 1.40 bits per heavy atom. The summed E-state index contributed by atoms with van der Waals surface area (Å²) < 4.78 is 5.05. The van der Waals surface area contributed by atoms with E-state index in [0.717, 1.165) is 12.3 Å². The molecule has 1 unspecified atom stereocenters. The predicted molar refractivity (Wildman–Crippen MR) is 86.4 cm³/mol. The van der Waals surface area contributed by atoms with Gasteiger partial charge in [-0.05, 0) is 33.3 Å². The van der Waals surface area contributed by atoms with Crippen LogP contribution in [0, 0.1) is 10.1 Å². The largest absolute Gasteiger partial charge is 0.475 e. The smallest absolute Gasteiger partial charge is 0.413 e. The zero-order chi connectivity index (χ0) is 19.4. The van der Waals surface area contributed by atoms with Crippen molar-refractivity contribution in [1.82, 2.24) is 4.98 Å². The number of ketones is 1. The summed E-state index contributed by atoms with van der Waals surface area (Å²) in [6, 6.07) is 1.11. The number of carboxylic acids is 1. The number of nitro groups is 1. The van der Waals surface area contributed by atoms with Gasteiger partial charge >= 0.3 is 12.1 Å². The molecule has 0 aliphatic rings. The molecule has 1 heterocycles. The molecule has 1 amide bonds. The van der Waals surface area contributed by atoms with Crippen LogP contribution in [0.3, 0.4) is 0 Å². The molecule has 0 radical (unpaired) electrons. The molecule has 2 N–H and O–H groups in total. The quantitative estimate of drug-likeness (QED) is 0.450. The Hall–Kier alpha value is -3.04. The summed E-state index contributed by atoms with van der Waals surface area (Å²) >= 11 is 0. The van der Waals surface area contributed by atoms with E-state index in [4.69, 9.17) is 9.84 Å². The Morgan fingerprint density at radius 3 is 2.44 bits per heavy atom. The monoisotopic (exact) mass is 353 g/mol. The van der Waals surface area contributed by atoms with Crippen molar-refractivity contribution < 1.29 is 29.2 Å². The summed E-state index contributed by atoms with van der Waals surface area (Å²) in [7, 11) is 0. The maximum Gasteiger partial charge on any atom is 0.413 e. The first-order chi connectivity index (χ1) is 11.5. The molecule has 10 nitrogen and oxygen atoms in total. The topological polar surface area (TPSA) is 149 Å². The highest BCUT2D eigenvalue weighted by Crippen LogP contribution is 2.31. The van der Waals surface area contributed by atoms with Gasteiger partial charge in [-0.3, -0.25) is 20.2 Å². The van der Waals surface area contributed by atoms with Crippen molar-refractivity contribution in [3.63, 3.8) is 0 Å². The molecule has 0 aliphatic carbocycles. The number of carbonyl (C=O) groups excluding carboxylic acids is 2. The molecule has 0 spiro atoms. The molecule has 1 aromatic heterocycles. The lowest BCUT2D eigenvalue weighted by molar-refractivity contribution is -0.386. The predicted octanol–water partition coefficient (Wildman–Crippen LogP) is 2.48. The van der Waals surface area contributed by atoms with Crippen LogP contribution in [-0.2, 0) is 14.3 Å². The number of nitrogens with zero attached hydrogens (tertiary/aromatic N) is 2. The third kappa shape index (κ3) is 5.52. The van der Waals surface area contributed by atoms with Crippen molar-refractivity contribution >= 4 is 29.4 Å². The fourth-order valence-corrected chi connectivity index (χ4v) is 2.07. The van der Waals surface area contributed by atoms with Gasteiger partial charge in [0.15, 0.2) is 0 Å². The van der Waals surface area contributed by atoms with E-state index in [1.807, 2.05) is 0 Å². The van der Waals surface area contributed by atoms with E-state index in [1.54, 1.807) is 20.8 Å². The van der Waals surface area contributed by atoms with Gasteiger partial charge in [0, 0.05) is 5.56 Å². The maximum absolute atomic E-state index is 11.8. The molecule has 1 rings (SSSR count). The average molecular weight is 353 g/mol. The van der Waals surface area contributed by atoms with Gasteiger partial charge in [0.2, 0.25) is 5.78 Å². The van der Waals surface area contributed by atoms with Crippen molar-refractivity contribution in [1.29, 1.82) is 0 Å². The van der Waals surface area contributed by atoms with E-state index < -0.39 is 40.0 Å². The highest BCUT2D eigenvalue weighted by Gasteiger charge is 2.31. The minimum atomic E-state index is -1.69. The molecular weight excluding hydrogens is 334 g/mol. The van der Waals surface area contributed by atoms with Crippen LogP contribution in [0.25, 0.3) is 0 Å².